The first-order chi connectivity index (χ1) is 10.6. The van der Waals surface area contributed by atoms with Gasteiger partial charge >= 0.3 is 11.8 Å². The van der Waals surface area contributed by atoms with Crippen LogP contribution in [0.3, 0.4) is 0 Å². The maximum atomic E-state index is 11.8. The van der Waals surface area contributed by atoms with Gasteiger partial charge in [-0.1, -0.05) is 0 Å². The van der Waals surface area contributed by atoms with Crippen molar-refractivity contribution in [3.8, 4) is 11.5 Å². The molecule has 0 aliphatic rings. The van der Waals surface area contributed by atoms with Crippen molar-refractivity contribution < 1.29 is 23.8 Å². The number of hydrogen-bond acceptors (Lipinski definition) is 5. The average molecular weight is 310 g/mol. The smallest absolute Gasteiger partial charge is 0.313 e. The Kier molecular flexibility index (Phi) is 7.77. The van der Waals surface area contributed by atoms with E-state index in [1.165, 1.54) is 14.2 Å². The average Bonchev–Trinajstić information content (AvgIpc) is 2.54. The molecule has 1 rings (SSSR count). The van der Waals surface area contributed by atoms with Crippen molar-refractivity contribution in [2.24, 2.45) is 0 Å². The zero-order chi connectivity index (χ0) is 16.4. The summed E-state index contributed by atoms with van der Waals surface area (Å²) in [6.45, 7) is 3.45. The SMILES string of the molecule is CCOCCCNC(=O)C(=O)Nc1cc(OC)ccc1OC. The summed E-state index contributed by atoms with van der Waals surface area (Å²) in [6.07, 6.45) is 0.648. The van der Waals surface area contributed by atoms with Crippen molar-refractivity contribution >= 4 is 17.5 Å². The molecule has 0 saturated heterocycles. The van der Waals surface area contributed by atoms with E-state index in [1.54, 1.807) is 18.2 Å². The highest BCUT2D eigenvalue weighted by Gasteiger charge is 2.15. The van der Waals surface area contributed by atoms with Crippen molar-refractivity contribution in [1.29, 1.82) is 0 Å². The quantitative estimate of drug-likeness (QED) is 0.556. The second kappa shape index (κ2) is 9.62. The first-order valence-electron chi connectivity index (χ1n) is 7.01. The Balaban J connectivity index is 2.54. The van der Waals surface area contributed by atoms with Crippen molar-refractivity contribution in [2.45, 2.75) is 13.3 Å². The molecule has 2 amide bonds. The number of carbonyl (C=O) groups excluding carboxylic acids is 2. The Morgan fingerprint density at radius 2 is 1.91 bits per heavy atom. The van der Waals surface area contributed by atoms with Crippen LogP contribution in [0.5, 0.6) is 11.5 Å². The van der Waals surface area contributed by atoms with Gasteiger partial charge in [0.1, 0.15) is 11.5 Å². The van der Waals surface area contributed by atoms with E-state index in [9.17, 15) is 9.59 Å². The minimum absolute atomic E-state index is 0.372. The Hall–Kier alpha value is -2.28. The Labute approximate surface area is 129 Å². The van der Waals surface area contributed by atoms with Gasteiger partial charge in [-0.05, 0) is 25.5 Å². The van der Waals surface area contributed by atoms with Crippen molar-refractivity contribution in [1.82, 2.24) is 5.32 Å². The molecule has 0 unspecified atom stereocenters. The third-order valence-electron chi connectivity index (χ3n) is 2.82. The van der Waals surface area contributed by atoms with E-state index in [-0.39, 0.29) is 0 Å². The lowest BCUT2D eigenvalue weighted by Crippen LogP contribution is -2.36. The summed E-state index contributed by atoms with van der Waals surface area (Å²) in [4.78, 5) is 23.5. The maximum absolute atomic E-state index is 11.8. The second-order valence-corrected chi connectivity index (χ2v) is 4.33. The highest BCUT2D eigenvalue weighted by atomic mass is 16.5. The molecule has 0 atom stereocenters. The van der Waals surface area contributed by atoms with E-state index in [0.29, 0.717) is 43.4 Å². The number of carbonyl (C=O) groups is 2. The minimum atomic E-state index is -0.761. The molecule has 2 N–H and O–H groups in total. The summed E-state index contributed by atoms with van der Waals surface area (Å²) >= 11 is 0. The fourth-order valence-corrected chi connectivity index (χ4v) is 1.69. The molecule has 0 bridgehead atoms. The number of rotatable bonds is 8. The number of ether oxygens (including phenoxy) is 3. The predicted octanol–water partition coefficient (Wildman–Crippen LogP) is 1.19. The number of nitrogens with one attached hydrogen (secondary N) is 2. The van der Waals surface area contributed by atoms with Gasteiger partial charge in [0.25, 0.3) is 0 Å². The summed E-state index contributed by atoms with van der Waals surface area (Å²) in [5.41, 5.74) is 0.372. The van der Waals surface area contributed by atoms with Crippen LogP contribution >= 0.6 is 0 Å². The normalized spacial score (nSPS) is 9.95. The molecule has 1 aromatic rings. The van der Waals surface area contributed by atoms with E-state index in [2.05, 4.69) is 10.6 Å². The van der Waals surface area contributed by atoms with Crippen LogP contribution in [-0.2, 0) is 14.3 Å². The monoisotopic (exact) mass is 310 g/mol. The van der Waals surface area contributed by atoms with E-state index < -0.39 is 11.8 Å². The predicted molar refractivity (Wildman–Crippen MR) is 82.3 cm³/mol. The Morgan fingerprint density at radius 1 is 1.14 bits per heavy atom. The van der Waals surface area contributed by atoms with Crippen molar-refractivity contribution in [3.63, 3.8) is 0 Å². The van der Waals surface area contributed by atoms with Crippen LogP contribution in [0, 0.1) is 0 Å². The van der Waals surface area contributed by atoms with Gasteiger partial charge in [-0.25, -0.2) is 0 Å². The van der Waals surface area contributed by atoms with Crippen LogP contribution in [0.2, 0.25) is 0 Å². The second-order valence-electron chi connectivity index (χ2n) is 4.33. The number of benzene rings is 1. The molecular formula is C15H22N2O5. The molecule has 0 saturated carbocycles. The number of anilines is 1. The standard InChI is InChI=1S/C15H22N2O5/c1-4-22-9-5-8-16-14(18)15(19)17-12-10-11(20-2)6-7-13(12)21-3/h6-7,10H,4-5,8-9H2,1-3H3,(H,16,18)(H,17,19). The van der Waals surface area contributed by atoms with Gasteiger partial charge in [0.05, 0.1) is 19.9 Å². The fraction of sp³-hybridized carbons (Fsp3) is 0.467. The molecule has 0 aromatic heterocycles. The first kappa shape index (κ1) is 17.8. The van der Waals surface area contributed by atoms with E-state index in [4.69, 9.17) is 14.2 Å². The number of hydrogen-bond donors (Lipinski definition) is 2. The molecular weight excluding hydrogens is 288 g/mol. The lowest BCUT2D eigenvalue weighted by molar-refractivity contribution is -0.136. The third-order valence-corrected chi connectivity index (χ3v) is 2.82. The number of methoxy groups -OCH3 is 2. The van der Waals surface area contributed by atoms with Crippen LogP contribution in [0.4, 0.5) is 5.69 Å². The van der Waals surface area contributed by atoms with Crippen LogP contribution < -0.4 is 20.1 Å². The summed E-state index contributed by atoms with van der Waals surface area (Å²) in [5.74, 6) is -0.476. The van der Waals surface area contributed by atoms with Crippen molar-refractivity contribution in [3.05, 3.63) is 18.2 Å². The maximum Gasteiger partial charge on any atom is 0.313 e. The highest BCUT2D eigenvalue weighted by Crippen LogP contribution is 2.28. The molecule has 7 heteroatoms. The van der Waals surface area contributed by atoms with Crippen molar-refractivity contribution in [2.75, 3.05) is 39.3 Å². The van der Waals surface area contributed by atoms with Gasteiger partial charge in [0.2, 0.25) is 0 Å². The lowest BCUT2D eigenvalue weighted by atomic mass is 10.2. The van der Waals surface area contributed by atoms with Gasteiger partial charge in [0, 0.05) is 25.8 Å². The zero-order valence-electron chi connectivity index (χ0n) is 13.1. The van der Waals surface area contributed by atoms with Crippen LogP contribution in [0.15, 0.2) is 18.2 Å². The Morgan fingerprint density at radius 3 is 2.55 bits per heavy atom. The van der Waals surface area contributed by atoms with Gasteiger partial charge in [0.15, 0.2) is 0 Å². The molecule has 0 fully saturated rings. The Bertz CT molecular complexity index is 505. The molecule has 0 spiro atoms. The summed E-state index contributed by atoms with van der Waals surface area (Å²) in [7, 11) is 2.99. The summed E-state index contributed by atoms with van der Waals surface area (Å²) < 4.78 is 15.4. The van der Waals surface area contributed by atoms with Gasteiger partial charge in [-0.2, -0.15) is 0 Å². The molecule has 0 aliphatic heterocycles. The van der Waals surface area contributed by atoms with E-state index >= 15 is 0 Å². The molecule has 0 radical (unpaired) electrons. The molecule has 0 heterocycles. The lowest BCUT2D eigenvalue weighted by Gasteiger charge is -2.11. The fourth-order valence-electron chi connectivity index (χ4n) is 1.69. The first-order valence-corrected chi connectivity index (χ1v) is 7.01. The molecule has 1 aromatic carbocycles. The summed E-state index contributed by atoms with van der Waals surface area (Å²) in [5, 5.41) is 5.03. The number of amides is 2. The van der Waals surface area contributed by atoms with Crippen LogP contribution in [0.25, 0.3) is 0 Å². The highest BCUT2D eigenvalue weighted by molar-refractivity contribution is 6.39. The molecule has 122 valence electrons. The van der Waals surface area contributed by atoms with E-state index in [1.807, 2.05) is 6.92 Å². The summed E-state index contributed by atoms with van der Waals surface area (Å²) in [6, 6.07) is 4.93. The molecule has 0 aliphatic carbocycles. The van der Waals surface area contributed by atoms with Gasteiger partial charge < -0.3 is 24.8 Å². The molecule has 7 nitrogen and oxygen atoms in total. The van der Waals surface area contributed by atoms with Gasteiger partial charge in [-0.15, -0.1) is 0 Å². The zero-order valence-corrected chi connectivity index (χ0v) is 13.1. The third kappa shape index (κ3) is 5.61. The van der Waals surface area contributed by atoms with E-state index in [0.717, 1.165) is 0 Å². The topological polar surface area (TPSA) is 85.9 Å². The largest absolute Gasteiger partial charge is 0.497 e. The van der Waals surface area contributed by atoms with Crippen LogP contribution in [-0.4, -0.2) is 45.8 Å². The minimum Gasteiger partial charge on any atom is -0.497 e. The molecule has 22 heavy (non-hydrogen) atoms. The van der Waals surface area contributed by atoms with Gasteiger partial charge in [-0.3, -0.25) is 9.59 Å². The van der Waals surface area contributed by atoms with Crippen LogP contribution in [0.1, 0.15) is 13.3 Å².